The summed E-state index contributed by atoms with van der Waals surface area (Å²) in [6.45, 7) is 12.9. The molecule has 0 aromatic heterocycles. The Morgan fingerprint density at radius 1 is 0.926 bits per heavy atom. The zero-order valence-corrected chi connectivity index (χ0v) is 16.4. The topological polar surface area (TPSA) is 35.2 Å². The van der Waals surface area contributed by atoms with Gasteiger partial charge in [-0.2, -0.15) is 0 Å². The Morgan fingerprint density at radius 3 is 1.89 bits per heavy atom. The molecule has 0 atom stereocenters. The lowest BCUT2D eigenvalue weighted by Crippen LogP contribution is -2.05. The summed E-state index contributed by atoms with van der Waals surface area (Å²) in [5.41, 5.74) is 12.3. The molecule has 0 radical (unpaired) electrons. The molecule has 0 fully saturated rings. The number of nitrogens with two attached hydrogens (primary N) is 1. The van der Waals surface area contributed by atoms with E-state index >= 15 is 0 Å². The number of benzene rings is 2. The molecule has 27 heavy (non-hydrogen) atoms. The maximum Gasteiger partial charge on any atom is 0.119 e. The first-order valence-corrected chi connectivity index (χ1v) is 9.41. The van der Waals surface area contributed by atoms with Gasteiger partial charge in [-0.05, 0) is 36.1 Å². The van der Waals surface area contributed by atoms with Crippen molar-refractivity contribution in [3.05, 3.63) is 114 Å². The lowest BCUT2D eigenvalue weighted by atomic mass is 9.93. The molecular formula is C25H29NO. The van der Waals surface area contributed by atoms with E-state index in [1.54, 1.807) is 0 Å². The number of hydrogen-bond donors (Lipinski definition) is 1. The van der Waals surface area contributed by atoms with E-state index in [-0.39, 0.29) is 0 Å². The van der Waals surface area contributed by atoms with Gasteiger partial charge in [-0.15, -0.1) is 0 Å². The first kappa shape index (κ1) is 20.3. The van der Waals surface area contributed by atoms with Crippen LogP contribution in [0.5, 0.6) is 0 Å². The average molecular weight is 360 g/mol. The van der Waals surface area contributed by atoms with Gasteiger partial charge in [-0.1, -0.05) is 87.2 Å². The van der Waals surface area contributed by atoms with Gasteiger partial charge in [-0.25, -0.2) is 0 Å². The molecule has 0 saturated heterocycles. The van der Waals surface area contributed by atoms with Gasteiger partial charge in [-0.3, -0.25) is 0 Å². The molecular weight excluding hydrogens is 330 g/mol. The maximum atomic E-state index is 6.62. The first-order valence-electron chi connectivity index (χ1n) is 9.41. The largest absolute Gasteiger partial charge is 0.494 e. The van der Waals surface area contributed by atoms with Crippen LogP contribution in [-0.4, -0.2) is 6.61 Å². The van der Waals surface area contributed by atoms with Gasteiger partial charge < -0.3 is 10.5 Å². The fourth-order valence-corrected chi connectivity index (χ4v) is 3.01. The Kier molecular flexibility index (Phi) is 7.69. The normalized spacial score (nSPS) is 11.0. The molecule has 0 aliphatic rings. The highest BCUT2D eigenvalue weighted by Crippen LogP contribution is 2.29. The summed E-state index contributed by atoms with van der Waals surface area (Å²) in [6.07, 6.45) is 3.83. The fraction of sp³-hybridized carbons (Fsp3) is 0.200. The molecule has 2 heteroatoms. The highest BCUT2D eigenvalue weighted by molar-refractivity contribution is 5.83. The molecule has 2 nitrogen and oxygen atoms in total. The molecule has 0 heterocycles. The van der Waals surface area contributed by atoms with Crippen LogP contribution in [0.15, 0.2) is 102 Å². The molecule has 0 bridgehead atoms. The molecule has 2 rings (SSSR count). The second-order valence-corrected chi connectivity index (χ2v) is 6.33. The smallest absolute Gasteiger partial charge is 0.119 e. The lowest BCUT2D eigenvalue weighted by molar-refractivity contribution is 0.240. The van der Waals surface area contributed by atoms with Gasteiger partial charge in [0.25, 0.3) is 0 Å². The predicted molar refractivity (Wildman–Crippen MR) is 116 cm³/mol. The van der Waals surface area contributed by atoms with Crippen molar-refractivity contribution in [1.82, 2.24) is 0 Å². The van der Waals surface area contributed by atoms with E-state index in [9.17, 15) is 0 Å². The minimum atomic E-state index is 0.559. The van der Waals surface area contributed by atoms with Gasteiger partial charge in [0.15, 0.2) is 0 Å². The molecule has 0 saturated carbocycles. The van der Waals surface area contributed by atoms with Crippen molar-refractivity contribution in [1.29, 1.82) is 0 Å². The molecule has 2 aromatic rings. The number of hydrogen-bond acceptors (Lipinski definition) is 2. The summed E-state index contributed by atoms with van der Waals surface area (Å²) in [4.78, 5) is 0. The van der Waals surface area contributed by atoms with Crippen LogP contribution in [0.2, 0.25) is 0 Å². The molecule has 0 aliphatic heterocycles. The summed E-state index contributed by atoms with van der Waals surface area (Å²) in [6, 6.07) is 20.4. The zero-order valence-electron chi connectivity index (χ0n) is 16.4. The van der Waals surface area contributed by atoms with Crippen molar-refractivity contribution < 1.29 is 4.74 Å². The highest BCUT2D eigenvalue weighted by Gasteiger charge is 2.13. The molecule has 0 aliphatic carbocycles. The van der Waals surface area contributed by atoms with E-state index in [2.05, 4.69) is 44.3 Å². The summed E-state index contributed by atoms with van der Waals surface area (Å²) in [5.74, 6) is 0.611. The molecule has 2 aromatic carbocycles. The summed E-state index contributed by atoms with van der Waals surface area (Å²) in [7, 11) is 0. The van der Waals surface area contributed by atoms with Crippen LogP contribution in [0, 0.1) is 0 Å². The van der Waals surface area contributed by atoms with E-state index < -0.39 is 0 Å². The monoisotopic (exact) mass is 359 g/mol. The fourth-order valence-electron chi connectivity index (χ4n) is 3.01. The second kappa shape index (κ2) is 10.2. The van der Waals surface area contributed by atoms with Crippen LogP contribution in [-0.2, 0) is 4.74 Å². The van der Waals surface area contributed by atoms with Crippen LogP contribution < -0.4 is 5.73 Å². The van der Waals surface area contributed by atoms with Crippen molar-refractivity contribution >= 4 is 5.57 Å². The first-order chi connectivity index (χ1) is 13.1. The van der Waals surface area contributed by atoms with E-state index in [0.717, 1.165) is 40.7 Å². The van der Waals surface area contributed by atoms with Crippen LogP contribution in [0.3, 0.4) is 0 Å². The summed E-state index contributed by atoms with van der Waals surface area (Å²) >= 11 is 0. The standard InChI is InChI=1S/C25H29NO/c1-5-13-19(3)23(20(4)27-6-2)18-24(26)25(21-14-9-7-10-15-21)22-16-11-8-12-17-22/h7-12,14-18H,3-6,13,26H2,1-2H3/b23-18-. The molecule has 140 valence electrons. The van der Waals surface area contributed by atoms with Gasteiger partial charge >= 0.3 is 0 Å². The zero-order chi connectivity index (χ0) is 19.6. The van der Waals surface area contributed by atoms with E-state index in [0.29, 0.717) is 18.1 Å². The summed E-state index contributed by atoms with van der Waals surface area (Å²) in [5, 5.41) is 0. The minimum Gasteiger partial charge on any atom is -0.494 e. The molecule has 2 N–H and O–H groups in total. The van der Waals surface area contributed by atoms with Crippen molar-refractivity contribution in [2.45, 2.75) is 26.7 Å². The van der Waals surface area contributed by atoms with Crippen molar-refractivity contribution in [3.8, 4) is 0 Å². The molecule has 0 unspecified atom stereocenters. The Morgan fingerprint density at radius 2 is 1.44 bits per heavy atom. The third-order valence-electron chi connectivity index (χ3n) is 4.27. The van der Waals surface area contributed by atoms with Gasteiger partial charge in [0.2, 0.25) is 0 Å². The van der Waals surface area contributed by atoms with Crippen molar-refractivity contribution in [2.24, 2.45) is 5.73 Å². The Balaban J connectivity index is 2.62. The Labute approximate surface area is 163 Å². The number of allylic oxidation sites excluding steroid dienone is 2. The lowest BCUT2D eigenvalue weighted by Gasteiger charge is -2.16. The van der Waals surface area contributed by atoms with E-state index in [1.165, 1.54) is 0 Å². The van der Waals surface area contributed by atoms with Crippen LogP contribution in [0.1, 0.15) is 37.8 Å². The van der Waals surface area contributed by atoms with Crippen LogP contribution in [0.25, 0.3) is 5.57 Å². The third-order valence-corrected chi connectivity index (χ3v) is 4.27. The molecule has 0 spiro atoms. The predicted octanol–water partition coefficient (Wildman–Crippen LogP) is 6.24. The SMILES string of the molecule is C=C(CCC)/C(=C/C(N)=C(c1ccccc1)c1ccccc1)C(=C)OCC. The Bertz CT molecular complexity index is 768. The highest BCUT2D eigenvalue weighted by atomic mass is 16.5. The second-order valence-electron chi connectivity index (χ2n) is 6.33. The van der Waals surface area contributed by atoms with Gasteiger partial charge in [0.1, 0.15) is 5.76 Å². The average Bonchev–Trinajstić information content (AvgIpc) is 2.68. The van der Waals surface area contributed by atoms with Crippen molar-refractivity contribution in [3.63, 3.8) is 0 Å². The Hall–Kier alpha value is -3.00. The van der Waals surface area contributed by atoms with E-state index in [4.69, 9.17) is 10.5 Å². The molecule has 0 amide bonds. The van der Waals surface area contributed by atoms with Crippen LogP contribution >= 0.6 is 0 Å². The third kappa shape index (κ3) is 5.49. The minimum absolute atomic E-state index is 0.559. The quantitative estimate of drug-likeness (QED) is 0.425. The maximum absolute atomic E-state index is 6.62. The number of ether oxygens (including phenoxy) is 1. The summed E-state index contributed by atoms with van der Waals surface area (Å²) < 4.78 is 5.66. The number of rotatable bonds is 9. The van der Waals surface area contributed by atoms with Crippen molar-refractivity contribution in [2.75, 3.05) is 6.61 Å². The van der Waals surface area contributed by atoms with Gasteiger partial charge in [0.05, 0.1) is 6.61 Å². The van der Waals surface area contributed by atoms with Gasteiger partial charge in [0, 0.05) is 16.8 Å². The van der Waals surface area contributed by atoms with E-state index in [1.807, 2.05) is 49.4 Å². The van der Waals surface area contributed by atoms with Crippen LogP contribution in [0.4, 0.5) is 0 Å².